The molecule has 0 unspecified atom stereocenters. The highest BCUT2D eigenvalue weighted by atomic mass is 16.5. The van der Waals surface area contributed by atoms with E-state index in [2.05, 4.69) is 26.0 Å². The summed E-state index contributed by atoms with van der Waals surface area (Å²) in [5, 5.41) is 17.2. The summed E-state index contributed by atoms with van der Waals surface area (Å²) in [6, 6.07) is 9.02. The fourth-order valence-corrected chi connectivity index (χ4v) is 3.26. The number of methoxy groups -OCH3 is 4. The van der Waals surface area contributed by atoms with Gasteiger partial charge in [0.2, 0.25) is 11.7 Å². The fourth-order valence-electron chi connectivity index (χ4n) is 3.26. The van der Waals surface area contributed by atoms with Crippen molar-refractivity contribution in [2.75, 3.05) is 47.3 Å². The summed E-state index contributed by atoms with van der Waals surface area (Å²) in [4.78, 5) is 12.2. The highest BCUT2D eigenvalue weighted by Gasteiger charge is 2.20. The average molecular weight is 441 g/mol. The Morgan fingerprint density at radius 3 is 2.06 bits per heavy atom. The first-order valence-electron chi connectivity index (χ1n) is 9.90. The number of aromatic nitrogens is 3. The second-order valence-corrected chi connectivity index (χ2v) is 6.75. The second kappa shape index (κ2) is 10.5. The standard InChI is InChI=1S/C22H27N5O5/c1-23-9-8-19(28)24-15-10-13(6-7-16(15)29-2)20-21(26-27-25-20)14-11-17(30-3)22(32-5)18(12-14)31-4/h6-7,10-12,23H,8-9H2,1-5H3,(H,24,28)(H,25,26,27). The summed E-state index contributed by atoms with van der Waals surface area (Å²) in [6.45, 7) is 0.572. The number of nitrogens with zero attached hydrogens (tertiary/aromatic N) is 2. The number of aromatic amines is 1. The molecule has 2 aromatic carbocycles. The number of H-pyrrole nitrogens is 1. The largest absolute Gasteiger partial charge is 0.495 e. The Balaban J connectivity index is 2.03. The van der Waals surface area contributed by atoms with Crippen LogP contribution in [0.4, 0.5) is 5.69 Å². The molecule has 10 heteroatoms. The minimum atomic E-state index is -0.125. The van der Waals surface area contributed by atoms with Gasteiger partial charge in [0, 0.05) is 24.1 Å². The maximum atomic E-state index is 12.2. The number of nitrogens with one attached hydrogen (secondary N) is 3. The van der Waals surface area contributed by atoms with Crippen molar-refractivity contribution in [1.82, 2.24) is 20.7 Å². The zero-order valence-electron chi connectivity index (χ0n) is 18.7. The molecule has 170 valence electrons. The number of carbonyl (C=O) groups excluding carboxylic acids is 1. The van der Waals surface area contributed by atoms with Gasteiger partial charge in [-0.2, -0.15) is 15.4 Å². The van der Waals surface area contributed by atoms with Crippen molar-refractivity contribution in [3.05, 3.63) is 30.3 Å². The SMILES string of the molecule is CNCCC(=O)Nc1cc(-c2n[nH]nc2-c2cc(OC)c(OC)c(OC)c2)ccc1OC. The Morgan fingerprint density at radius 1 is 0.875 bits per heavy atom. The quantitative estimate of drug-likeness (QED) is 0.439. The third-order valence-corrected chi connectivity index (χ3v) is 4.84. The van der Waals surface area contributed by atoms with E-state index in [0.717, 1.165) is 11.1 Å². The lowest BCUT2D eigenvalue weighted by Crippen LogP contribution is -2.19. The molecule has 3 N–H and O–H groups in total. The van der Waals surface area contributed by atoms with Crippen LogP contribution in [0.1, 0.15) is 6.42 Å². The van der Waals surface area contributed by atoms with Gasteiger partial charge in [-0.3, -0.25) is 4.79 Å². The van der Waals surface area contributed by atoms with E-state index in [9.17, 15) is 4.79 Å². The molecule has 0 fully saturated rings. The van der Waals surface area contributed by atoms with Gasteiger partial charge in [-0.25, -0.2) is 0 Å². The monoisotopic (exact) mass is 441 g/mol. The van der Waals surface area contributed by atoms with Crippen LogP contribution in [0.5, 0.6) is 23.0 Å². The Hall–Kier alpha value is -3.79. The van der Waals surface area contributed by atoms with Crippen molar-refractivity contribution in [2.24, 2.45) is 0 Å². The van der Waals surface area contributed by atoms with Crippen LogP contribution >= 0.6 is 0 Å². The topological polar surface area (TPSA) is 120 Å². The van der Waals surface area contributed by atoms with Crippen LogP contribution in [0.2, 0.25) is 0 Å². The molecule has 1 amide bonds. The molecule has 32 heavy (non-hydrogen) atoms. The number of carbonyl (C=O) groups is 1. The van der Waals surface area contributed by atoms with E-state index in [1.54, 1.807) is 59.8 Å². The van der Waals surface area contributed by atoms with Gasteiger partial charge in [-0.05, 0) is 37.4 Å². The highest BCUT2D eigenvalue weighted by molar-refractivity contribution is 5.94. The molecule has 0 aliphatic rings. The smallest absolute Gasteiger partial charge is 0.225 e. The van der Waals surface area contributed by atoms with Crippen LogP contribution in [-0.2, 0) is 4.79 Å². The number of anilines is 1. The molecule has 0 aliphatic carbocycles. The van der Waals surface area contributed by atoms with E-state index in [1.165, 1.54) is 0 Å². The normalized spacial score (nSPS) is 10.5. The molecule has 10 nitrogen and oxygen atoms in total. The van der Waals surface area contributed by atoms with Gasteiger partial charge in [0.05, 0.1) is 34.1 Å². The lowest BCUT2D eigenvalue weighted by atomic mass is 10.0. The maximum absolute atomic E-state index is 12.2. The summed E-state index contributed by atoms with van der Waals surface area (Å²) in [5.74, 6) is 1.91. The molecule has 0 saturated carbocycles. The van der Waals surface area contributed by atoms with Gasteiger partial charge < -0.3 is 29.6 Å². The lowest BCUT2D eigenvalue weighted by molar-refractivity contribution is -0.116. The summed E-state index contributed by atoms with van der Waals surface area (Å²) < 4.78 is 21.7. The number of ether oxygens (including phenoxy) is 4. The third-order valence-electron chi connectivity index (χ3n) is 4.84. The van der Waals surface area contributed by atoms with Gasteiger partial charge in [0.1, 0.15) is 17.1 Å². The van der Waals surface area contributed by atoms with Crippen molar-refractivity contribution in [3.8, 4) is 45.5 Å². The van der Waals surface area contributed by atoms with Crippen LogP contribution < -0.4 is 29.6 Å². The molecule has 0 spiro atoms. The second-order valence-electron chi connectivity index (χ2n) is 6.75. The van der Waals surface area contributed by atoms with E-state index < -0.39 is 0 Å². The van der Waals surface area contributed by atoms with E-state index in [4.69, 9.17) is 18.9 Å². The van der Waals surface area contributed by atoms with E-state index in [1.807, 2.05) is 6.07 Å². The number of benzene rings is 2. The average Bonchev–Trinajstić information content (AvgIpc) is 3.31. The third kappa shape index (κ3) is 4.75. The molecule has 0 aliphatic heterocycles. The zero-order chi connectivity index (χ0) is 23.1. The van der Waals surface area contributed by atoms with Gasteiger partial charge >= 0.3 is 0 Å². The molecule has 0 radical (unpaired) electrons. The van der Waals surface area contributed by atoms with Gasteiger partial charge in [0.25, 0.3) is 0 Å². The molecule has 0 atom stereocenters. The number of rotatable bonds is 10. The molecule has 3 rings (SSSR count). The van der Waals surface area contributed by atoms with Crippen LogP contribution in [0.3, 0.4) is 0 Å². The lowest BCUT2D eigenvalue weighted by Gasteiger charge is -2.14. The van der Waals surface area contributed by atoms with Crippen molar-refractivity contribution in [3.63, 3.8) is 0 Å². The first kappa shape index (κ1) is 22.9. The summed E-state index contributed by atoms with van der Waals surface area (Å²) >= 11 is 0. The molecule has 1 aromatic heterocycles. The highest BCUT2D eigenvalue weighted by Crippen LogP contribution is 2.42. The Morgan fingerprint density at radius 2 is 1.50 bits per heavy atom. The molecule has 3 aromatic rings. The summed E-state index contributed by atoms with van der Waals surface area (Å²) in [5.41, 5.74) is 3.19. The summed E-state index contributed by atoms with van der Waals surface area (Å²) in [7, 11) is 8.00. The van der Waals surface area contributed by atoms with Crippen LogP contribution in [0, 0.1) is 0 Å². The van der Waals surface area contributed by atoms with E-state index in [-0.39, 0.29) is 5.91 Å². The van der Waals surface area contributed by atoms with Gasteiger partial charge in [-0.1, -0.05) is 0 Å². The van der Waals surface area contributed by atoms with E-state index in [0.29, 0.717) is 53.0 Å². The Bertz CT molecular complexity index is 1060. The predicted molar refractivity (Wildman–Crippen MR) is 121 cm³/mol. The first-order chi connectivity index (χ1) is 15.6. The summed E-state index contributed by atoms with van der Waals surface area (Å²) in [6.07, 6.45) is 0.338. The number of hydrogen-bond donors (Lipinski definition) is 3. The number of hydrogen-bond acceptors (Lipinski definition) is 8. The van der Waals surface area contributed by atoms with Crippen molar-refractivity contribution < 1.29 is 23.7 Å². The van der Waals surface area contributed by atoms with Crippen LogP contribution in [0.15, 0.2) is 30.3 Å². The predicted octanol–water partition coefficient (Wildman–Crippen LogP) is 2.72. The minimum Gasteiger partial charge on any atom is -0.495 e. The van der Waals surface area contributed by atoms with Crippen LogP contribution in [0.25, 0.3) is 22.5 Å². The van der Waals surface area contributed by atoms with Crippen molar-refractivity contribution in [2.45, 2.75) is 6.42 Å². The first-order valence-corrected chi connectivity index (χ1v) is 9.90. The van der Waals surface area contributed by atoms with Gasteiger partial charge in [0.15, 0.2) is 11.5 Å². The zero-order valence-corrected chi connectivity index (χ0v) is 18.7. The van der Waals surface area contributed by atoms with Crippen LogP contribution in [-0.4, -0.2) is 63.3 Å². The van der Waals surface area contributed by atoms with Gasteiger partial charge in [-0.15, -0.1) is 0 Å². The molecular formula is C22H27N5O5. The van der Waals surface area contributed by atoms with E-state index >= 15 is 0 Å². The fraction of sp³-hybridized carbons (Fsp3) is 0.318. The molecule has 1 heterocycles. The Labute approximate surface area is 186 Å². The van der Waals surface area contributed by atoms with Crippen molar-refractivity contribution >= 4 is 11.6 Å². The molecular weight excluding hydrogens is 414 g/mol. The number of amides is 1. The molecule has 0 saturated heterocycles. The minimum absolute atomic E-state index is 0.125. The molecule has 0 bridgehead atoms. The Kier molecular flexibility index (Phi) is 7.50. The van der Waals surface area contributed by atoms with Crippen molar-refractivity contribution in [1.29, 1.82) is 0 Å². The maximum Gasteiger partial charge on any atom is 0.225 e.